The molecule has 5 heteroatoms. The van der Waals surface area contributed by atoms with E-state index in [1.54, 1.807) is 18.7 Å². The second-order valence-electron chi connectivity index (χ2n) is 6.04. The number of aliphatic hydroxyl groups is 1. The van der Waals surface area contributed by atoms with Crippen molar-refractivity contribution in [3.05, 3.63) is 48.2 Å². The molecule has 1 atom stereocenters. The van der Waals surface area contributed by atoms with Crippen molar-refractivity contribution >= 4 is 39.3 Å². The first-order valence-electron chi connectivity index (χ1n) is 7.50. The molecule has 0 aliphatic carbocycles. The van der Waals surface area contributed by atoms with E-state index in [9.17, 15) is 9.90 Å². The lowest BCUT2D eigenvalue weighted by Crippen LogP contribution is -2.42. The van der Waals surface area contributed by atoms with Crippen LogP contribution >= 0.6 is 11.8 Å². The maximum atomic E-state index is 12.3. The summed E-state index contributed by atoms with van der Waals surface area (Å²) in [6, 6.07) is 14.0. The number of fused-ring (bicyclic) bond motifs is 3. The third-order valence-electron chi connectivity index (χ3n) is 3.86. The molecule has 0 saturated carbocycles. The third-order valence-corrected chi connectivity index (χ3v) is 4.77. The van der Waals surface area contributed by atoms with Gasteiger partial charge in [-0.15, -0.1) is 0 Å². The Labute approximate surface area is 139 Å². The van der Waals surface area contributed by atoms with Gasteiger partial charge in [0.1, 0.15) is 5.69 Å². The van der Waals surface area contributed by atoms with E-state index in [1.807, 2.05) is 36.6 Å². The fourth-order valence-electron chi connectivity index (χ4n) is 2.74. The number of amides is 1. The van der Waals surface area contributed by atoms with E-state index in [0.29, 0.717) is 11.4 Å². The molecule has 0 radical (unpaired) electrons. The second kappa shape index (κ2) is 6.26. The van der Waals surface area contributed by atoms with E-state index in [2.05, 4.69) is 22.4 Å². The number of aromatic amines is 1. The van der Waals surface area contributed by atoms with Crippen molar-refractivity contribution in [2.75, 3.05) is 18.6 Å². The summed E-state index contributed by atoms with van der Waals surface area (Å²) in [5, 5.41) is 16.2. The molecular weight excluding hydrogens is 308 g/mol. The molecule has 1 heterocycles. The van der Waals surface area contributed by atoms with Gasteiger partial charge < -0.3 is 15.4 Å². The molecule has 120 valence electrons. The van der Waals surface area contributed by atoms with Crippen molar-refractivity contribution < 1.29 is 9.90 Å². The Morgan fingerprint density at radius 3 is 2.83 bits per heavy atom. The molecule has 2 aromatic carbocycles. The fraction of sp³-hybridized carbons (Fsp3) is 0.278. The number of hydrogen-bond acceptors (Lipinski definition) is 3. The van der Waals surface area contributed by atoms with Crippen molar-refractivity contribution in [3.63, 3.8) is 0 Å². The van der Waals surface area contributed by atoms with Gasteiger partial charge in [-0.2, -0.15) is 11.8 Å². The Morgan fingerprint density at radius 2 is 2.04 bits per heavy atom. The summed E-state index contributed by atoms with van der Waals surface area (Å²) >= 11 is 1.55. The average molecular weight is 328 g/mol. The number of nitrogens with one attached hydrogen (secondary N) is 2. The highest BCUT2D eigenvalue weighted by Crippen LogP contribution is 2.25. The van der Waals surface area contributed by atoms with Crippen LogP contribution in [0.4, 0.5) is 0 Å². The summed E-state index contributed by atoms with van der Waals surface area (Å²) in [6.07, 6.45) is 1.93. The summed E-state index contributed by atoms with van der Waals surface area (Å²) < 4.78 is 0. The molecule has 0 fully saturated rings. The number of carbonyl (C=O) groups excluding carboxylic acids is 1. The Hall–Kier alpha value is -1.98. The van der Waals surface area contributed by atoms with Crippen LogP contribution in [0.15, 0.2) is 42.5 Å². The second-order valence-corrected chi connectivity index (χ2v) is 6.91. The highest BCUT2D eigenvalue weighted by molar-refractivity contribution is 7.98. The van der Waals surface area contributed by atoms with Gasteiger partial charge in [0.05, 0.1) is 5.60 Å². The molecule has 4 nitrogen and oxygen atoms in total. The first-order valence-corrected chi connectivity index (χ1v) is 8.89. The lowest BCUT2D eigenvalue weighted by atomic mass is 10.1. The summed E-state index contributed by atoms with van der Waals surface area (Å²) in [6.45, 7) is 1.95. The number of carbonyl (C=O) groups is 1. The average Bonchev–Trinajstić information content (AvgIpc) is 2.97. The lowest BCUT2D eigenvalue weighted by molar-refractivity contribution is 0.0723. The predicted octanol–water partition coefficient (Wildman–Crippen LogP) is 3.16. The minimum Gasteiger partial charge on any atom is -0.387 e. The van der Waals surface area contributed by atoms with Gasteiger partial charge in [0, 0.05) is 23.2 Å². The molecule has 0 spiro atoms. The van der Waals surface area contributed by atoms with Crippen LogP contribution in [0.3, 0.4) is 0 Å². The fourth-order valence-corrected chi connectivity index (χ4v) is 3.46. The van der Waals surface area contributed by atoms with Gasteiger partial charge in [0.15, 0.2) is 0 Å². The van der Waals surface area contributed by atoms with Crippen molar-refractivity contribution in [1.29, 1.82) is 0 Å². The molecule has 0 saturated heterocycles. The molecule has 1 unspecified atom stereocenters. The zero-order valence-corrected chi connectivity index (χ0v) is 14.0. The van der Waals surface area contributed by atoms with Gasteiger partial charge in [-0.1, -0.05) is 30.3 Å². The van der Waals surface area contributed by atoms with Crippen LogP contribution in [0.2, 0.25) is 0 Å². The van der Waals surface area contributed by atoms with E-state index in [-0.39, 0.29) is 12.5 Å². The number of aromatic nitrogens is 1. The minimum absolute atomic E-state index is 0.202. The first-order chi connectivity index (χ1) is 11.0. The van der Waals surface area contributed by atoms with Gasteiger partial charge >= 0.3 is 0 Å². The van der Waals surface area contributed by atoms with E-state index < -0.39 is 5.60 Å². The van der Waals surface area contributed by atoms with E-state index in [4.69, 9.17) is 0 Å². The van der Waals surface area contributed by atoms with E-state index in [1.165, 1.54) is 0 Å². The van der Waals surface area contributed by atoms with E-state index in [0.717, 1.165) is 21.7 Å². The maximum Gasteiger partial charge on any atom is 0.267 e. The monoisotopic (exact) mass is 328 g/mol. The molecule has 3 aromatic rings. The topological polar surface area (TPSA) is 65.1 Å². The zero-order valence-electron chi connectivity index (χ0n) is 13.2. The van der Waals surface area contributed by atoms with Crippen LogP contribution in [0.25, 0.3) is 21.7 Å². The Kier molecular flexibility index (Phi) is 4.33. The third kappa shape index (κ3) is 3.35. The van der Waals surface area contributed by atoms with Crippen LogP contribution in [0.5, 0.6) is 0 Å². The van der Waals surface area contributed by atoms with Crippen LogP contribution in [-0.4, -0.2) is 40.2 Å². The molecule has 0 aliphatic heterocycles. The van der Waals surface area contributed by atoms with Crippen LogP contribution in [0.1, 0.15) is 17.4 Å². The van der Waals surface area contributed by atoms with Crippen molar-refractivity contribution in [3.8, 4) is 0 Å². The summed E-state index contributed by atoms with van der Waals surface area (Å²) in [5.74, 6) is 0.372. The number of H-pyrrole nitrogens is 1. The number of hydrogen-bond donors (Lipinski definition) is 3. The number of benzene rings is 2. The van der Waals surface area contributed by atoms with Crippen molar-refractivity contribution in [2.45, 2.75) is 12.5 Å². The van der Waals surface area contributed by atoms with Gasteiger partial charge in [0.2, 0.25) is 0 Å². The van der Waals surface area contributed by atoms with Gasteiger partial charge in [-0.05, 0) is 36.1 Å². The molecule has 0 aliphatic rings. The molecule has 3 N–H and O–H groups in total. The van der Waals surface area contributed by atoms with Crippen molar-refractivity contribution in [2.24, 2.45) is 0 Å². The first kappa shape index (κ1) is 15.9. The highest BCUT2D eigenvalue weighted by atomic mass is 32.2. The zero-order chi connectivity index (χ0) is 16.4. The molecule has 1 amide bonds. The summed E-state index contributed by atoms with van der Waals surface area (Å²) in [7, 11) is 0. The highest BCUT2D eigenvalue weighted by Gasteiger charge is 2.21. The van der Waals surface area contributed by atoms with Gasteiger partial charge in [-0.3, -0.25) is 4.79 Å². The lowest BCUT2D eigenvalue weighted by Gasteiger charge is -2.22. The Morgan fingerprint density at radius 1 is 1.26 bits per heavy atom. The maximum absolute atomic E-state index is 12.3. The van der Waals surface area contributed by atoms with Gasteiger partial charge in [-0.25, -0.2) is 0 Å². The van der Waals surface area contributed by atoms with Crippen LogP contribution < -0.4 is 5.32 Å². The molecule has 1 aromatic heterocycles. The Bertz CT molecular complexity index is 854. The summed E-state index contributed by atoms with van der Waals surface area (Å²) in [4.78, 5) is 15.5. The number of thioether (sulfide) groups is 1. The molecule has 23 heavy (non-hydrogen) atoms. The van der Waals surface area contributed by atoms with Crippen LogP contribution in [0, 0.1) is 0 Å². The quantitative estimate of drug-likeness (QED) is 0.674. The summed E-state index contributed by atoms with van der Waals surface area (Å²) in [5.41, 5.74) is 0.536. The molecular formula is C18H20N2O2S. The molecule has 0 bridgehead atoms. The SMILES string of the molecule is CSCC(C)(O)CNC(=O)c1cc2c(ccc3ccccc32)[nH]1. The normalized spacial score (nSPS) is 14.0. The van der Waals surface area contributed by atoms with Crippen LogP contribution in [-0.2, 0) is 0 Å². The minimum atomic E-state index is -0.909. The predicted molar refractivity (Wildman–Crippen MR) is 97.1 cm³/mol. The number of rotatable bonds is 5. The smallest absolute Gasteiger partial charge is 0.267 e. The Balaban J connectivity index is 1.86. The molecule has 3 rings (SSSR count). The van der Waals surface area contributed by atoms with Gasteiger partial charge in [0.25, 0.3) is 5.91 Å². The largest absolute Gasteiger partial charge is 0.387 e. The van der Waals surface area contributed by atoms with E-state index >= 15 is 0 Å². The van der Waals surface area contributed by atoms with Crippen molar-refractivity contribution in [1.82, 2.24) is 10.3 Å². The standard InChI is InChI=1S/C18H20N2O2S/c1-18(22,11-23-2)10-19-17(21)16-9-14-13-6-4-3-5-12(13)7-8-15(14)20-16/h3-9,20,22H,10-11H2,1-2H3,(H,19,21).